The fraction of sp³-hybridized carbons (Fsp3) is 0.923. The van der Waals surface area contributed by atoms with Gasteiger partial charge in [0.2, 0.25) is 5.91 Å². The second kappa shape index (κ2) is 5.36. The van der Waals surface area contributed by atoms with Crippen molar-refractivity contribution in [2.45, 2.75) is 45.1 Å². The third-order valence-electron chi connectivity index (χ3n) is 4.08. The Kier molecular flexibility index (Phi) is 4.05. The Labute approximate surface area is 103 Å². The molecule has 0 aromatic heterocycles. The van der Waals surface area contributed by atoms with Crippen molar-refractivity contribution < 1.29 is 9.53 Å². The van der Waals surface area contributed by atoms with E-state index in [2.05, 4.69) is 6.92 Å². The van der Waals surface area contributed by atoms with Crippen LogP contribution in [0.4, 0.5) is 0 Å². The molecule has 17 heavy (non-hydrogen) atoms. The Hall–Kier alpha value is -0.610. The molecule has 0 aliphatic carbocycles. The van der Waals surface area contributed by atoms with Crippen molar-refractivity contribution in [2.75, 3.05) is 26.2 Å². The summed E-state index contributed by atoms with van der Waals surface area (Å²) in [5.74, 6) is 0.245. The van der Waals surface area contributed by atoms with Crippen molar-refractivity contribution in [3.63, 3.8) is 0 Å². The van der Waals surface area contributed by atoms with Crippen LogP contribution in [0.15, 0.2) is 0 Å². The molecule has 2 rings (SSSR count). The smallest absolute Gasteiger partial charge is 0.225 e. The van der Waals surface area contributed by atoms with Crippen molar-refractivity contribution in [2.24, 2.45) is 11.1 Å². The number of amides is 1. The summed E-state index contributed by atoms with van der Waals surface area (Å²) in [6.45, 7) is 5.32. The fourth-order valence-electron chi connectivity index (χ4n) is 2.70. The van der Waals surface area contributed by atoms with Crippen molar-refractivity contribution >= 4 is 5.91 Å². The molecule has 0 aromatic carbocycles. The van der Waals surface area contributed by atoms with E-state index in [4.69, 9.17) is 10.5 Å². The van der Waals surface area contributed by atoms with Crippen LogP contribution in [0, 0.1) is 5.41 Å². The molecule has 2 N–H and O–H groups in total. The van der Waals surface area contributed by atoms with Crippen LogP contribution >= 0.6 is 0 Å². The van der Waals surface area contributed by atoms with Gasteiger partial charge in [-0.1, -0.05) is 6.92 Å². The summed E-state index contributed by atoms with van der Waals surface area (Å²) in [4.78, 5) is 14.1. The Bertz CT molecular complexity index is 277. The van der Waals surface area contributed by atoms with Crippen LogP contribution in [-0.2, 0) is 9.53 Å². The van der Waals surface area contributed by atoms with Crippen LogP contribution in [0.2, 0.25) is 0 Å². The lowest BCUT2D eigenvalue weighted by Crippen LogP contribution is -2.36. The van der Waals surface area contributed by atoms with Crippen LogP contribution in [0.3, 0.4) is 0 Å². The number of carbonyl (C=O) groups excluding carboxylic acids is 1. The van der Waals surface area contributed by atoms with Gasteiger partial charge in [-0.05, 0) is 37.6 Å². The first-order valence-electron chi connectivity index (χ1n) is 6.72. The molecule has 2 heterocycles. The Morgan fingerprint density at radius 1 is 1.53 bits per heavy atom. The molecule has 2 unspecified atom stereocenters. The van der Waals surface area contributed by atoms with Gasteiger partial charge in [0, 0.05) is 19.7 Å². The first-order valence-corrected chi connectivity index (χ1v) is 6.72. The molecule has 0 bridgehead atoms. The maximum Gasteiger partial charge on any atom is 0.225 e. The summed E-state index contributed by atoms with van der Waals surface area (Å²) in [5.41, 5.74) is 5.88. The summed E-state index contributed by atoms with van der Waals surface area (Å²) < 4.78 is 5.61. The normalized spacial score (nSPS) is 34.0. The Morgan fingerprint density at radius 3 is 2.94 bits per heavy atom. The van der Waals surface area contributed by atoms with Crippen LogP contribution in [0.1, 0.15) is 39.0 Å². The molecule has 2 aliphatic rings. The predicted octanol–water partition coefficient (Wildman–Crippen LogP) is 1.14. The zero-order valence-electron chi connectivity index (χ0n) is 10.8. The van der Waals surface area contributed by atoms with Crippen LogP contribution in [-0.4, -0.2) is 43.2 Å². The van der Waals surface area contributed by atoms with Crippen molar-refractivity contribution in [3.05, 3.63) is 0 Å². The molecule has 2 aliphatic heterocycles. The van der Waals surface area contributed by atoms with E-state index < -0.39 is 0 Å². The first kappa shape index (κ1) is 12.8. The predicted molar refractivity (Wildman–Crippen MR) is 66.6 cm³/mol. The fourth-order valence-corrected chi connectivity index (χ4v) is 2.70. The molecule has 98 valence electrons. The molecule has 4 nitrogen and oxygen atoms in total. The minimum absolute atomic E-state index is 0.128. The quantitative estimate of drug-likeness (QED) is 0.805. The van der Waals surface area contributed by atoms with E-state index in [0.29, 0.717) is 13.0 Å². The molecule has 2 saturated heterocycles. The van der Waals surface area contributed by atoms with E-state index >= 15 is 0 Å². The second-order valence-electron chi connectivity index (χ2n) is 5.77. The van der Waals surface area contributed by atoms with Crippen molar-refractivity contribution in [1.82, 2.24) is 4.90 Å². The van der Waals surface area contributed by atoms with Gasteiger partial charge in [0.25, 0.3) is 0 Å². The highest BCUT2D eigenvalue weighted by Crippen LogP contribution is 2.29. The van der Waals surface area contributed by atoms with Crippen molar-refractivity contribution in [1.29, 1.82) is 0 Å². The highest BCUT2D eigenvalue weighted by molar-refractivity contribution is 5.77. The summed E-state index contributed by atoms with van der Waals surface area (Å²) >= 11 is 0. The number of rotatable bonds is 3. The summed E-state index contributed by atoms with van der Waals surface area (Å²) in [5, 5.41) is 0. The number of hydrogen-bond acceptors (Lipinski definition) is 3. The van der Waals surface area contributed by atoms with Gasteiger partial charge in [0.05, 0.1) is 12.5 Å². The number of likely N-dealkylation sites (tertiary alicyclic amines) is 1. The lowest BCUT2D eigenvalue weighted by atomic mass is 9.90. The van der Waals surface area contributed by atoms with Gasteiger partial charge in [-0.2, -0.15) is 0 Å². The Balaban J connectivity index is 1.80. The molecule has 0 spiro atoms. The lowest BCUT2D eigenvalue weighted by molar-refractivity contribution is -0.134. The average molecular weight is 240 g/mol. The highest BCUT2D eigenvalue weighted by atomic mass is 16.5. The highest BCUT2D eigenvalue weighted by Gasteiger charge is 2.35. The minimum Gasteiger partial charge on any atom is -0.378 e. The third kappa shape index (κ3) is 3.19. The SMILES string of the molecule is CC1(CN)CCN(C(=O)CC2CCCCO2)C1. The van der Waals surface area contributed by atoms with Gasteiger partial charge in [-0.25, -0.2) is 0 Å². The van der Waals surface area contributed by atoms with Gasteiger partial charge in [-0.15, -0.1) is 0 Å². The molecular weight excluding hydrogens is 216 g/mol. The minimum atomic E-state index is 0.128. The van der Waals surface area contributed by atoms with E-state index in [1.807, 2.05) is 4.90 Å². The van der Waals surface area contributed by atoms with Gasteiger partial charge < -0.3 is 15.4 Å². The molecule has 4 heteroatoms. The van der Waals surface area contributed by atoms with E-state index in [1.165, 1.54) is 6.42 Å². The number of nitrogens with two attached hydrogens (primary N) is 1. The van der Waals surface area contributed by atoms with E-state index in [1.54, 1.807) is 0 Å². The maximum atomic E-state index is 12.1. The number of hydrogen-bond donors (Lipinski definition) is 1. The molecular formula is C13H24N2O2. The van der Waals surface area contributed by atoms with E-state index in [9.17, 15) is 4.79 Å². The van der Waals surface area contributed by atoms with Crippen LogP contribution in [0.5, 0.6) is 0 Å². The molecule has 0 radical (unpaired) electrons. The third-order valence-corrected chi connectivity index (χ3v) is 4.08. The largest absolute Gasteiger partial charge is 0.378 e. The van der Waals surface area contributed by atoms with Gasteiger partial charge in [-0.3, -0.25) is 4.79 Å². The zero-order valence-corrected chi connectivity index (χ0v) is 10.8. The lowest BCUT2D eigenvalue weighted by Gasteiger charge is -2.26. The maximum absolute atomic E-state index is 12.1. The van der Waals surface area contributed by atoms with E-state index in [0.717, 1.165) is 39.0 Å². The monoisotopic (exact) mass is 240 g/mol. The second-order valence-corrected chi connectivity index (χ2v) is 5.77. The number of nitrogens with zero attached hydrogens (tertiary/aromatic N) is 1. The number of carbonyl (C=O) groups is 1. The van der Waals surface area contributed by atoms with Crippen LogP contribution in [0.25, 0.3) is 0 Å². The molecule has 0 aromatic rings. The molecule has 1 amide bonds. The standard InChI is InChI=1S/C13H24N2O2/c1-13(9-14)5-6-15(10-13)12(16)8-11-4-2-3-7-17-11/h11H,2-10,14H2,1H3. The average Bonchev–Trinajstić information content (AvgIpc) is 2.74. The van der Waals surface area contributed by atoms with Gasteiger partial charge in [0.1, 0.15) is 0 Å². The topological polar surface area (TPSA) is 55.6 Å². The van der Waals surface area contributed by atoms with Crippen LogP contribution < -0.4 is 5.73 Å². The summed E-state index contributed by atoms with van der Waals surface area (Å²) in [6, 6.07) is 0. The molecule has 2 fully saturated rings. The zero-order chi connectivity index (χ0) is 12.3. The van der Waals surface area contributed by atoms with Gasteiger partial charge >= 0.3 is 0 Å². The molecule has 2 atom stereocenters. The van der Waals surface area contributed by atoms with E-state index in [-0.39, 0.29) is 17.4 Å². The summed E-state index contributed by atoms with van der Waals surface area (Å²) in [7, 11) is 0. The molecule has 0 saturated carbocycles. The van der Waals surface area contributed by atoms with Gasteiger partial charge in [0.15, 0.2) is 0 Å². The van der Waals surface area contributed by atoms with Crippen molar-refractivity contribution in [3.8, 4) is 0 Å². The number of ether oxygens (including phenoxy) is 1. The Morgan fingerprint density at radius 2 is 2.35 bits per heavy atom. The first-order chi connectivity index (χ1) is 8.13. The summed E-state index contributed by atoms with van der Waals surface area (Å²) in [6.07, 6.45) is 5.11.